The summed E-state index contributed by atoms with van der Waals surface area (Å²) in [5.41, 5.74) is 0. The third kappa shape index (κ3) is 4.52. The maximum absolute atomic E-state index is 9.20. The van der Waals surface area contributed by atoms with Gasteiger partial charge in [-0.15, -0.1) is 0 Å². The van der Waals surface area contributed by atoms with Gasteiger partial charge < -0.3 is 10.4 Å². The van der Waals surface area contributed by atoms with Gasteiger partial charge in [0.2, 0.25) is 0 Å². The number of hydrogen-bond acceptors (Lipinski definition) is 2. The first-order chi connectivity index (χ1) is 7.15. The smallest absolute Gasteiger partial charge is 0.0546 e. The minimum absolute atomic E-state index is 0.00792. The average Bonchev–Trinajstić information content (AvgIpc) is 2.20. The van der Waals surface area contributed by atoms with E-state index in [0.717, 1.165) is 31.2 Å². The summed E-state index contributed by atoms with van der Waals surface area (Å²) in [6.07, 6.45) is 5.80. The number of aliphatic hydroxyl groups excluding tert-OH is 1. The van der Waals surface area contributed by atoms with Crippen LogP contribution in [-0.2, 0) is 0 Å². The standard InChI is InChI=1S/C13H27NO/c1-4-10(3)6-12(5-2)14-9-11-7-13(15)8-11/h10-15H,4-9H2,1-3H3. The van der Waals surface area contributed by atoms with Crippen LogP contribution in [0.5, 0.6) is 0 Å². The Morgan fingerprint density at radius 1 is 1.27 bits per heavy atom. The van der Waals surface area contributed by atoms with Crippen molar-refractivity contribution in [2.45, 2.75) is 65.0 Å². The summed E-state index contributed by atoms with van der Waals surface area (Å²) in [7, 11) is 0. The molecule has 2 atom stereocenters. The Hall–Kier alpha value is -0.0800. The van der Waals surface area contributed by atoms with E-state index < -0.39 is 0 Å². The molecule has 2 nitrogen and oxygen atoms in total. The van der Waals surface area contributed by atoms with Gasteiger partial charge in [0.25, 0.3) is 0 Å². The molecule has 0 amide bonds. The van der Waals surface area contributed by atoms with Gasteiger partial charge in [-0.25, -0.2) is 0 Å². The Labute approximate surface area is 94.5 Å². The molecule has 0 aromatic heterocycles. The summed E-state index contributed by atoms with van der Waals surface area (Å²) in [4.78, 5) is 0. The maximum Gasteiger partial charge on any atom is 0.0546 e. The van der Waals surface area contributed by atoms with Crippen LogP contribution in [0.25, 0.3) is 0 Å². The van der Waals surface area contributed by atoms with E-state index in [-0.39, 0.29) is 6.10 Å². The fraction of sp³-hybridized carbons (Fsp3) is 1.00. The summed E-state index contributed by atoms with van der Waals surface area (Å²) in [5, 5.41) is 12.8. The van der Waals surface area contributed by atoms with Gasteiger partial charge in [0.15, 0.2) is 0 Å². The first-order valence-corrected chi connectivity index (χ1v) is 6.57. The van der Waals surface area contributed by atoms with Crippen LogP contribution < -0.4 is 5.32 Å². The lowest BCUT2D eigenvalue weighted by Gasteiger charge is -2.33. The van der Waals surface area contributed by atoms with E-state index in [1.54, 1.807) is 0 Å². The highest BCUT2D eigenvalue weighted by molar-refractivity contribution is 4.81. The first kappa shape index (κ1) is 13.0. The van der Waals surface area contributed by atoms with E-state index in [2.05, 4.69) is 26.1 Å². The SMILES string of the molecule is CCC(C)CC(CC)NCC1CC(O)C1. The van der Waals surface area contributed by atoms with Crippen molar-refractivity contribution in [1.29, 1.82) is 0 Å². The minimum atomic E-state index is -0.00792. The molecule has 1 aliphatic carbocycles. The Balaban J connectivity index is 2.10. The van der Waals surface area contributed by atoms with Crippen molar-refractivity contribution in [2.75, 3.05) is 6.54 Å². The molecule has 0 aliphatic heterocycles. The molecule has 1 fully saturated rings. The van der Waals surface area contributed by atoms with Crippen molar-refractivity contribution in [1.82, 2.24) is 5.32 Å². The Bertz CT molecular complexity index is 166. The van der Waals surface area contributed by atoms with Crippen molar-refractivity contribution >= 4 is 0 Å². The van der Waals surface area contributed by atoms with Crippen LogP contribution in [0, 0.1) is 11.8 Å². The number of hydrogen-bond donors (Lipinski definition) is 2. The Morgan fingerprint density at radius 3 is 2.40 bits per heavy atom. The van der Waals surface area contributed by atoms with Gasteiger partial charge in [0, 0.05) is 6.04 Å². The molecule has 0 radical (unpaired) electrons. The molecule has 90 valence electrons. The molecule has 2 unspecified atom stereocenters. The van der Waals surface area contributed by atoms with E-state index >= 15 is 0 Å². The van der Waals surface area contributed by atoms with Gasteiger partial charge in [0.1, 0.15) is 0 Å². The highest BCUT2D eigenvalue weighted by Gasteiger charge is 2.27. The molecular formula is C13H27NO. The lowest BCUT2D eigenvalue weighted by molar-refractivity contribution is 0.0414. The van der Waals surface area contributed by atoms with Crippen LogP contribution in [0.2, 0.25) is 0 Å². The molecule has 0 heterocycles. The topological polar surface area (TPSA) is 32.3 Å². The van der Waals surface area contributed by atoms with Gasteiger partial charge in [-0.2, -0.15) is 0 Å². The van der Waals surface area contributed by atoms with E-state index in [4.69, 9.17) is 0 Å². The average molecular weight is 213 g/mol. The van der Waals surface area contributed by atoms with Gasteiger partial charge in [-0.05, 0) is 44.1 Å². The van der Waals surface area contributed by atoms with E-state index in [9.17, 15) is 5.11 Å². The third-order valence-corrected chi connectivity index (χ3v) is 3.78. The Kier molecular flexibility index (Phi) is 5.62. The van der Waals surface area contributed by atoms with Crippen LogP contribution in [0.15, 0.2) is 0 Å². The number of aliphatic hydroxyl groups is 1. The van der Waals surface area contributed by atoms with Crippen LogP contribution in [-0.4, -0.2) is 23.8 Å². The zero-order valence-corrected chi connectivity index (χ0v) is 10.5. The van der Waals surface area contributed by atoms with E-state index in [1.165, 1.54) is 19.3 Å². The second-order valence-electron chi connectivity index (χ2n) is 5.25. The van der Waals surface area contributed by atoms with Crippen molar-refractivity contribution in [2.24, 2.45) is 11.8 Å². The van der Waals surface area contributed by atoms with Crippen molar-refractivity contribution < 1.29 is 5.11 Å². The summed E-state index contributed by atoms with van der Waals surface area (Å²) >= 11 is 0. The molecule has 0 saturated heterocycles. The molecular weight excluding hydrogens is 186 g/mol. The second-order valence-corrected chi connectivity index (χ2v) is 5.25. The third-order valence-electron chi connectivity index (χ3n) is 3.78. The highest BCUT2D eigenvalue weighted by Crippen LogP contribution is 2.26. The van der Waals surface area contributed by atoms with Crippen LogP contribution >= 0.6 is 0 Å². The molecule has 0 bridgehead atoms. The maximum atomic E-state index is 9.20. The number of nitrogens with one attached hydrogen (secondary N) is 1. The number of rotatable bonds is 7. The largest absolute Gasteiger partial charge is 0.393 e. The molecule has 1 saturated carbocycles. The lowest BCUT2D eigenvalue weighted by atomic mass is 9.82. The molecule has 15 heavy (non-hydrogen) atoms. The van der Waals surface area contributed by atoms with Crippen molar-refractivity contribution in [3.05, 3.63) is 0 Å². The van der Waals surface area contributed by atoms with Crippen LogP contribution in [0.1, 0.15) is 52.9 Å². The van der Waals surface area contributed by atoms with Gasteiger partial charge in [0.05, 0.1) is 6.10 Å². The van der Waals surface area contributed by atoms with E-state index in [0.29, 0.717) is 6.04 Å². The fourth-order valence-corrected chi connectivity index (χ4v) is 2.25. The van der Waals surface area contributed by atoms with Crippen LogP contribution in [0.3, 0.4) is 0 Å². The molecule has 1 rings (SSSR count). The fourth-order valence-electron chi connectivity index (χ4n) is 2.25. The monoisotopic (exact) mass is 213 g/mol. The van der Waals surface area contributed by atoms with Gasteiger partial charge in [-0.3, -0.25) is 0 Å². The van der Waals surface area contributed by atoms with Crippen LogP contribution in [0.4, 0.5) is 0 Å². The summed E-state index contributed by atoms with van der Waals surface area (Å²) in [6.45, 7) is 7.96. The zero-order valence-electron chi connectivity index (χ0n) is 10.5. The molecule has 0 aromatic carbocycles. The van der Waals surface area contributed by atoms with E-state index in [1.807, 2.05) is 0 Å². The van der Waals surface area contributed by atoms with Crippen molar-refractivity contribution in [3.8, 4) is 0 Å². The summed E-state index contributed by atoms with van der Waals surface area (Å²) in [6, 6.07) is 0.678. The molecule has 2 N–H and O–H groups in total. The molecule has 0 spiro atoms. The predicted molar refractivity (Wildman–Crippen MR) is 64.9 cm³/mol. The quantitative estimate of drug-likeness (QED) is 0.681. The predicted octanol–water partition coefficient (Wildman–Crippen LogP) is 2.56. The summed E-state index contributed by atoms with van der Waals surface area (Å²) in [5.74, 6) is 1.56. The normalized spacial score (nSPS) is 29.6. The van der Waals surface area contributed by atoms with Gasteiger partial charge in [-0.1, -0.05) is 27.2 Å². The minimum Gasteiger partial charge on any atom is -0.393 e. The Morgan fingerprint density at radius 2 is 1.93 bits per heavy atom. The zero-order chi connectivity index (χ0) is 11.3. The summed E-state index contributed by atoms with van der Waals surface area (Å²) < 4.78 is 0. The lowest BCUT2D eigenvalue weighted by Crippen LogP contribution is -2.40. The molecule has 0 aromatic rings. The highest BCUT2D eigenvalue weighted by atomic mass is 16.3. The molecule has 2 heteroatoms. The molecule has 1 aliphatic rings. The second kappa shape index (κ2) is 6.49. The van der Waals surface area contributed by atoms with Crippen molar-refractivity contribution in [3.63, 3.8) is 0 Å². The first-order valence-electron chi connectivity index (χ1n) is 6.57. The van der Waals surface area contributed by atoms with Gasteiger partial charge >= 0.3 is 0 Å².